The molecule has 1 unspecified atom stereocenters. The van der Waals surface area contributed by atoms with Crippen molar-refractivity contribution in [2.24, 2.45) is 5.92 Å². The molecule has 0 aliphatic rings. The molecule has 150 valence electrons. The van der Waals surface area contributed by atoms with E-state index >= 15 is 0 Å². The summed E-state index contributed by atoms with van der Waals surface area (Å²) in [5.41, 5.74) is 0. The Morgan fingerprint density at radius 2 is 1.16 bits per heavy atom. The minimum Gasteiger partial charge on any atom is -0.481 e. The molecule has 0 amide bonds. The minimum absolute atomic E-state index is 0.218. The number of hydrogen-bond acceptors (Lipinski definition) is 2. The lowest BCUT2D eigenvalue weighted by atomic mass is 9.97. The molecule has 1 atom stereocenters. The molecule has 0 radical (unpaired) electrons. The maximum atomic E-state index is 11.3. The van der Waals surface area contributed by atoms with Gasteiger partial charge in [0.1, 0.15) is 0 Å². The van der Waals surface area contributed by atoms with Crippen molar-refractivity contribution < 1.29 is 14.6 Å². The molecule has 0 aliphatic carbocycles. The highest BCUT2D eigenvalue weighted by atomic mass is 16.5. The summed E-state index contributed by atoms with van der Waals surface area (Å²) < 4.78 is 5.50. The number of carbonyl (C=O) groups is 1. The van der Waals surface area contributed by atoms with E-state index in [-0.39, 0.29) is 5.92 Å². The highest BCUT2D eigenvalue weighted by molar-refractivity contribution is 5.69. The second-order valence-corrected chi connectivity index (χ2v) is 7.47. The first kappa shape index (κ1) is 24.4. The van der Waals surface area contributed by atoms with Crippen molar-refractivity contribution in [2.75, 3.05) is 13.2 Å². The Balaban J connectivity index is 3.40. The zero-order valence-electron chi connectivity index (χ0n) is 17.1. The third-order valence-corrected chi connectivity index (χ3v) is 5.01. The Hall–Kier alpha value is -0.570. The third kappa shape index (κ3) is 18.0. The van der Waals surface area contributed by atoms with Crippen LogP contribution in [0.15, 0.2) is 0 Å². The van der Waals surface area contributed by atoms with Crippen molar-refractivity contribution >= 4 is 5.97 Å². The number of ether oxygens (including phenoxy) is 1. The van der Waals surface area contributed by atoms with Gasteiger partial charge >= 0.3 is 5.97 Å². The summed E-state index contributed by atoms with van der Waals surface area (Å²) in [7, 11) is 0. The standard InChI is InChI=1S/C22H44O3/c1-3-5-7-8-9-10-11-12-13-14-15-16-17-21(22(23)24)18-20-25-19-6-4-2/h21H,3-20H2,1-2H3,(H,23,24). The molecule has 0 aliphatic heterocycles. The van der Waals surface area contributed by atoms with Crippen LogP contribution in [0.3, 0.4) is 0 Å². The molecule has 0 aromatic rings. The summed E-state index contributed by atoms with van der Waals surface area (Å²) in [6, 6.07) is 0. The molecule has 25 heavy (non-hydrogen) atoms. The summed E-state index contributed by atoms with van der Waals surface area (Å²) in [5.74, 6) is -0.869. The van der Waals surface area contributed by atoms with Crippen LogP contribution in [0.4, 0.5) is 0 Å². The molecule has 0 aromatic carbocycles. The number of unbranched alkanes of at least 4 members (excludes halogenated alkanes) is 12. The number of carboxylic acid groups (broad SMARTS) is 1. The molecule has 0 aromatic heterocycles. The lowest BCUT2D eigenvalue weighted by Crippen LogP contribution is -2.16. The van der Waals surface area contributed by atoms with Crippen molar-refractivity contribution in [1.82, 2.24) is 0 Å². The van der Waals surface area contributed by atoms with E-state index in [2.05, 4.69) is 13.8 Å². The molecular weight excluding hydrogens is 312 g/mol. The number of carboxylic acids is 1. The second kappa shape index (κ2) is 19.8. The van der Waals surface area contributed by atoms with E-state index in [0.29, 0.717) is 13.0 Å². The Morgan fingerprint density at radius 1 is 0.680 bits per heavy atom. The molecule has 0 heterocycles. The van der Waals surface area contributed by atoms with Gasteiger partial charge in [-0.15, -0.1) is 0 Å². The largest absolute Gasteiger partial charge is 0.481 e. The van der Waals surface area contributed by atoms with Crippen molar-refractivity contribution in [2.45, 2.75) is 117 Å². The van der Waals surface area contributed by atoms with Gasteiger partial charge in [0.2, 0.25) is 0 Å². The lowest BCUT2D eigenvalue weighted by Gasteiger charge is -2.12. The van der Waals surface area contributed by atoms with Crippen LogP contribution in [0.1, 0.15) is 117 Å². The van der Waals surface area contributed by atoms with Crippen molar-refractivity contribution in [3.05, 3.63) is 0 Å². The van der Waals surface area contributed by atoms with Crippen LogP contribution in [0.5, 0.6) is 0 Å². The Labute approximate surface area is 156 Å². The normalized spacial score (nSPS) is 12.4. The fourth-order valence-corrected chi connectivity index (χ4v) is 3.20. The minimum atomic E-state index is -0.651. The number of rotatable bonds is 20. The van der Waals surface area contributed by atoms with Crippen LogP contribution in [0.25, 0.3) is 0 Å². The molecule has 0 saturated carbocycles. The molecule has 0 rings (SSSR count). The maximum Gasteiger partial charge on any atom is 0.306 e. The molecular formula is C22H44O3. The topological polar surface area (TPSA) is 46.5 Å². The smallest absolute Gasteiger partial charge is 0.306 e. The van der Waals surface area contributed by atoms with E-state index in [1.807, 2.05) is 0 Å². The van der Waals surface area contributed by atoms with Crippen LogP contribution in [-0.4, -0.2) is 24.3 Å². The molecule has 3 heteroatoms. The molecule has 0 spiro atoms. The van der Waals surface area contributed by atoms with Gasteiger partial charge in [0.15, 0.2) is 0 Å². The predicted octanol–water partition coefficient (Wildman–Crippen LogP) is 6.99. The molecule has 1 N–H and O–H groups in total. The van der Waals surface area contributed by atoms with E-state index in [9.17, 15) is 9.90 Å². The van der Waals surface area contributed by atoms with Crippen molar-refractivity contribution in [1.29, 1.82) is 0 Å². The van der Waals surface area contributed by atoms with Gasteiger partial charge in [0.05, 0.1) is 5.92 Å². The average molecular weight is 357 g/mol. The first-order valence-electron chi connectivity index (χ1n) is 11.0. The van der Waals surface area contributed by atoms with Gasteiger partial charge < -0.3 is 9.84 Å². The van der Waals surface area contributed by atoms with Crippen LogP contribution in [0.2, 0.25) is 0 Å². The zero-order valence-corrected chi connectivity index (χ0v) is 17.1. The second-order valence-electron chi connectivity index (χ2n) is 7.47. The molecule has 0 fully saturated rings. The first-order valence-corrected chi connectivity index (χ1v) is 11.0. The van der Waals surface area contributed by atoms with Gasteiger partial charge in [-0.25, -0.2) is 0 Å². The monoisotopic (exact) mass is 356 g/mol. The van der Waals surface area contributed by atoms with Crippen LogP contribution >= 0.6 is 0 Å². The SMILES string of the molecule is CCCCCCCCCCCCCCC(CCOCCCC)C(=O)O. The Kier molecular flexibility index (Phi) is 19.3. The molecule has 0 saturated heterocycles. The Bertz CT molecular complexity index is 278. The van der Waals surface area contributed by atoms with Crippen LogP contribution in [0, 0.1) is 5.92 Å². The Morgan fingerprint density at radius 3 is 1.64 bits per heavy atom. The number of hydrogen-bond donors (Lipinski definition) is 1. The fourth-order valence-electron chi connectivity index (χ4n) is 3.20. The molecule has 0 bridgehead atoms. The van der Waals surface area contributed by atoms with Gasteiger partial charge in [-0.1, -0.05) is 97.3 Å². The summed E-state index contributed by atoms with van der Waals surface area (Å²) in [6.07, 6.45) is 19.5. The van der Waals surface area contributed by atoms with Gasteiger partial charge in [0, 0.05) is 13.2 Å². The quantitative estimate of drug-likeness (QED) is 0.239. The van der Waals surface area contributed by atoms with Gasteiger partial charge in [-0.2, -0.15) is 0 Å². The van der Waals surface area contributed by atoms with Gasteiger partial charge in [-0.05, 0) is 19.3 Å². The van der Waals surface area contributed by atoms with E-state index in [4.69, 9.17) is 4.74 Å². The van der Waals surface area contributed by atoms with Gasteiger partial charge in [-0.3, -0.25) is 4.79 Å². The average Bonchev–Trinajstić information content (AvgIpc) is 2.60. The summed E-state index contributed by atoms with van der Waals surface area (Å²) >= 11 is 0. The summed E-state index contributed by atoms with van der Waals surface area (Å²) in [4.78, 5) is 11.3. The van der Waals surface area contributed by atoms with E-state index < -0.39 is 5.97 Å². The van der Waals surface area contributed by atoms with E-state index in [1.54, 1.807) is 0 Å². The first-order chi connectivity index (χ1) is 12.2. The summed E-state index contributed by atoms with van der Waals surface area (Å²) in [5, 5.41) is 9.30. The fraction of sp³-hybridized carbons (Fsp3) is 0.955. The third-order valence-electron chi connectivity index (χ3n) is 5.01. The summed E-state index contributed by atoms with van der Waals surface area (Å²) in [6.45, 7) is 5.76. The number of aliphatic carboxylic acids is 1. The maximum absolute atomic E-state index is 11.3. The van der Waals surface area contributed by atoms with E-state index in [0.717, 1.165) is 32.3 Å². The lowest BCUT2D eigenvalue weighted by molar-refractivity contribution is -0.142. The van der Waals surface area contributed by atoms with Gasteiger partial charge in [0.25, 0.3) is 0 Å². The van der Waals surface area contributed by atoms with Crippen LogP contribution in [-0.2, 0) is 9.53 Å². The highest BCUT2D eigenvalue weighted by Gasteiger charge is 2.16. The van der Waals surface area contributed by atoms with E-state index in [1.165, 1.54) is 70.6 Å². The van der Waals surface area contributed by atoms with Crippen LogP contribution < -0.4 is 0 Å². The zero-order chi connectivity index (χ0) is 18.6. The van der Waals surface area contributed by atoms with Crippen molar-refractivity contribution in [3.8, 4) is 0 Å². The molecule has 3 nitrogen and oxygen atoms in total. The predicted molar refractivity (Wildman–Crippen MR) is 107 cm³/mol. The highest BCUT2D eigenvalue weighted by Crippen LogP contribution is 2.17. The van der Waals surface area contributed by atoms with Crippen molar-refractivity contribution in [3.63, 3.8) is 0 Å².